The summed E-state index contributed by atoms with van der Waals surface area (Å²) in [6, 6.07) is 5.88. The Hall–Kier alpha value is -3.95. The number of ether oxygens (including phenoxy) is 1. The second-order valence-corrected chi connectivity index (χ2v) is 5.54. The van der Waals surface area contributed by atoms with Gasteiger partial charge in [-0.3, -0.25) is 10.1 Å². The monoisotopic (exact) mass is 388 g/mol. The Labute approximate surface area is 156 Å². The summed E-state index contributed by atoms with van der Waals surface area (Å²) in [5.74, 6) is -3.42. The smallest absolute Gasteiger partial charge is 0.342 e. The van der Waals surface area contributed by atoms with Crippen LogP contribution in [0.5, 0.6) is 11.5 Å². The molecule has 10 heteroatoms. The van der Waals surface area contributed by atoms with E-state index in [0.717, 1.165) is 24.5 Å². The average molecular weight is 388 g/mol. The van der Waals surface area contributed by atoms with Crippen molar-refractivity contribution in [2.24, 2.45) is 0 Å². The van der Waals surface area contributed by atoms with Crippen molar-refractivity contribution in [3.05, 3.63) is 58.2 Å². The van der Waals surface area contributed by atoms with Crippen LogP contribution in [-0.2, 0) is 4.74 Å². The number of benzene rings is 1. The topological polar surface area (TPSA) is 136 Å². The van der Waals surface area contributed by atoms with Gasteiger partial charge in [-0.2, -0.15) is 4.39 Å². The van der Waals surface area contributed by atoms with Crippen LogP contribution < -0.4 is 0 Å². The van der Waals surface area contributed by atoms with Gasteiger partial charge in [0.15, 0.2) is 11.5 Å². The molecule has 0 spiro atoms. The lowest BCUT2D eigenvalue weighted by atomic mass is 10.0. The van der Waals surface area contributed by atoms with E-state index in [-0.39, 0.29) is 34.8 Å². The van der Waals surface area contributed by atoms with Gasteiger partial charge in [-0.1, -0.05) is 6.07 Å². The van der Waals surface area contributed by atoms with Crippen LogP contribution in [0.4, 0.5) is 10.1 Å². The SMILES string of the molecule is CCOC(=O)c1c(-c2cc(O)c(O)c([N+](=O)[O-])c2)coc1-c1cccc(F)n1. The molecule has 28 heavy (non-hydrogen) atoms. The van der Waals surface area contributed by atoms with Gasteiger partial charge in [-0.25, -0.2) is 9.78 Å². The molecule has 0 aliphatic rings. The fourth-order valence-electron chi connectivity index (χ4n) is 2.60. The van der Waals surface area contributed by atoms with E-state index < -0.39 is 34.0 Å². The van der Waals surface area contributed by atoms with Gasteiger partial charge in [0.1, 0.15) is 17.5 Å². The van der Waals surface area contributed by atoms with Crippen molar-refractivity contribution in [2.45, 2.75) is 6.92 Å². The number of phenols is 2. The summed E-state index contributed by atoms with van der Waals surface area (Å²) in [6.45, 7) is 1.61. The molecule has 0 saturated heterocycles. The molecule has 3 aromatic rings. The quantitative estimate of drug-likeness (QED) is 0.222. The number of esters is 1. The predicted molar refractivity (Wildman–Crippen MR) is 93.3 cm³/mol. The maximum Gasteiger partial charge on any atom is 0.342 e. The molecule has 0 atom stereocenters. The van der Waals surface area contributed by atoms with E-state index in [2.05, 4.69) is 4.98 Å². The molecule has 3 rings (SSSR count). The van der Waals surface area contributed by atoms with Crippen molar-refractivity contribution >= 4 is 11.7 Å². The van der Waals surface area contributed by atoms with Crippen molar-refractivity contribution in [1.82, 2.24) is 4.98 Å². The lowest BCUT2D eigenvalue weighted by Gasteiger charge is -2.07. The zero-order chi connectivity index (χ0) is 20.4. The van der Waals surface area contributed by atoms with Crippen molar-refractivity contribution in [2.75, 3.05) is 6.61 Å². The van der Waals surface area contributed by atoms with Gasteiger partial charge in [0.25, 0.3) is 0 Å². The first-order valence-corrected chi connectivity index (χ1v) is 7.95. The molecule has 0 aliphatic carbocycles. The standard InChI is InChI=1S/C18H13FN2O7/c1-2-27-18(24)15-10(8-28-17(15)11-4-3-5-14(19)20-11)9-6-12(21(25)26)16(23)13(22)7-9/h3-8,22-23H,2H2,1H3. The van der Waals surface area contributed by atoms with Gasteiger partial charge in [-0.15, -0.1) is 0 Å². The zero-order valence-electron chi connectivity index (χ0n) is 14.4. The minimum Gasteiger partial charge on any atom is -0.504 e. The number of furan rings is 1. The Balaban J connectivity index is 2.25. The molecule has 0 unspecified atom stereocenters. The number of nitrogens with zero attached hydrogens (tertiary/aromatic N) is 2. The minimum atomic E-state index is -0.915. The summed E-state index contributed by atoms with van der Waals surface area (Å²) in [5.41, 5.74) is -0.864. The first kappa shape index (κ1) is 18.8. The Morgan fingerprint density at radius 3 is 2.75 bits per heavy atom. The Kier molecular flexibility index (Phi) is 4.94. The number of rotatable bonds is 5. The van der Waals surface area contributed by atoms with Crippen LogP contribution >= 0.6 is 0 Å². The molecule has 0 radical (unpaired) electrons. The number of aromatic hydroxyl groups is 2. The van der Waals surface area contributed by atoms with E-state index in [1.807, 2.05) is 0 Å². The fraction of sp³-hybridized carbons (Fsp3) is 0.111. The molecule has 2 heterocycles. The number of aromatic nitrogens is 1. The van der Waals surface area contributed by atoms with Crippen LogP contribution in [0.2, 0.25) is 0 Å². The summed E-state index contributed by atoms with van der Waals surface area (Å²) in [7, 11) is 0. The first-order chi connectivity index (χ1) is 13.3. The van der Waals surface area contributed by atoms with Gasteiger partial charge in [0.2, 0.25) is 11.7 Å². The second kappa shape index (κ2) is 7.35. The highest BCUT2D eigenvalue weighted by Crippen LogP contribution is 2.42. The molecule has 2 aromatic heterocycles. The predicted octanol–water partition coefficient (Wildman–Crippen LogP) is 3.64. The number of nitro groups is 1. The highest BCUT2D eigenvalue weighted by molar-refractivity contribution is 6.02. The van der Waals surface area contributed by atoms with Gasteiger partial charge < -0.3 is 19.4 Å². The maximum absolute atomic E-state index is 13.5. The molecule has 0 bridgehead atoms. The first-order valence-electron chi connectivity index (χ1n) is 7.95. The van der Waals surface area contributed by atoms with E-state index in [0.29, 0.717) is 0 Å². The molecular formula is C18H13FN2O7. The van der Waals surface area contributed by atoms with Crippen LogP contribution in [-0.4, -0.2) is 32.7 Å². The molecule has 1 aromatic carbocycles. The highest BCUT2D eigenvalue weighted by atomic mass is 19.1. The number of hydrogen-bond donors (Lipinski definition) is 2. The third kappa shape index (κ3) is 3.34. The summed E-state index contributed by atoms with van der Waals surface area (Å²) >= 11 is 0. The fourth-order valence-corrected chi connectivity index (χ4v) is 2.60. The van der Waals surface area contributed by atoms with Crippen molar-refractivity contribution < 1.29 is 33.5 Å². The van der Waals surface area contributed by atoms with E-state index in [9.17, 15) is 29.5 Å². The second-order valence-electron chi connectivity index (χ2n) is 5.54. The van der Waals surface area contributed by atoms with E-state index >= 15 is 0 Å². The van der Waals surface area contributed by atoms with Gasteiger partial charge in [0.05, 0.1) is 11.5 Å². The zero-order valence-corrected chi connectivity index (χ0v) is 14.4. The number of carbonyl (C=O) groups is 1. The molecule has 0 amide bonds. The van der Waals surface area contributed by atoms with Crippen LogP contribution in [0.1, 0.15) is 17.3 Å². The normalized spacial score (nSPS) is 10.6. The van der Waals surface area contributed by atoms with E-state index in [4.69, 9.17) is 9.15 Å². The maximum atomic E-state index is 13.5. The Bertz CT molecular complexity index is 1080. The number of phenolic OH excluding ortho intramolecular Hbond substituents is 2. The van der Waals surface area contributed by atoms with E-state index in [1.165, 1.54) is 12.1 Å². The molecular weight excluding hydrogens is 375 g/mol. The molecule has 9 nitrogen and oxygen atoms in total. The van der Waals surface area contributed by atoms with Gasteiger partial charge in [-0.05, 0) is 30.7 Å². The van der Waals surface area contributed by atoms with Crippen LogP contribution in [0, 0.1) is 16.1 Å². The number of carbonyl (C=O) groups excluding carboxylic acids is 1. The average Bonchev–Trinajstić information content (AvgIpc) is 3.09. The molecule has 0 fully saturated rings. The number of nitro benzene ring substituents is 1. The van der Waals surface area contributed by atoms with Gasteiger partial charge in [0, 0.05) is 11.6 Å². The van der Waals surface area contributed by atoms with Gasteiger partial charge >= 0.3 is 11.7 Å². The summed E-state index contributed by atoms with van der Waals surface area (Å²) in [4.78, 5) is 26.4. The molecule has 2 N–H and O–H groups in total. The Morgan fingerprint density at radius 1 is 1.36 bits per heavy atom. The molecule has 144 valence electrons. The minimum absolute atomic E-state index is 0.00630. The third-order valence-electron chi connectivity index (χ3n) is 3.80. The van der Waals surface area contributed by atoms with Crippen molar-refractivity contribution in [3.63, 3.8) is 0 Å². The van der Waals surface area contributed by atoms with Crippen molar-refractivity contribution in [1.29, 1.82) is 0 Å². The largest absolute Gasteiger partial charge is 0.504 e. The number of pyridine rings is 1. The summed E-state index contributed by atoms with van der Waals surface area (Å²) < 4.78 is 23.9. The Morgan fingerprint density at radius 2 is 2.11 bits per heavy atom. The number of halogens is 1. The summed E-state index contributed by atoms with van der Waals surface area (Å²) in [5, 5.41) is 30.6. The van der Waals surface area contributed by atoms with E-state index in [1.54, 1.807) is 6.92 Å². The third-order valence-corrected chi connectivity index (χ3v) is 3.80. The van der Waals surface area contributed by atoms with Crippen molar-refractivity contribution in [3.8, 4) is 34.1 Å². The molecule has 0 saturated carbocycles. The lowest BCUT2D eigenvalue weighted by molar-refractivity contribution is -0.385. The van der Waals surface area contributed by atoms with Crippen LogP contribution in [0.3, 0.4) is 0 Å². The van der Waals surface area contributed by atoms with Crippen LogP contribution in [0.15, 0.2) is 41.0 Å². The highest BCUT2D eigenvalue weighted by Gasteiger charge is 2.28. The lowest BCUT2D eigenvalue weighted by Crippen LogP contribution is -2.07. The number of hydrogen-bond acceptors (Lipinski definition) is 8. The molecule has 0 aliphatic heterocycles. The summed E-state index contributed by atoms with van der Waals surface area (Å²) in [6.07, 6.45) is 1.10. The van der Waals surface area contributed by atoms with Crippen LogP contribution in [0.25, 0.3) is 22.6 Å².